The highest BCUT2D eigenvalue weighted by molar-refractivity contribution is 14.1. The second-order valence-corrected chi connectivity index (χ2v) is 8.46. The molecule has 0 N–H and O–H groups in total. The molecule has 2 saturated heterocycles. The highest BCUT2D eigenvalue weighted by Gasteiger charge is 2.49. The number of hydrogen-bond acceptors (Lipinski definition) is 5. The van der Waals surface area contributed by atoms with Gasteiger partial charge < -0.3 is 9.47 Å². The Hall–Kier alpha value is -1.15. The smallest absolute Gasteiger partial charge is 0.310 e. The third-order valence-corrected chi connectivity index (χ3v) is 6.93. The number of esters is 2. The van der Waals surface area contributed by atoms with Gasteiger partial charge in [0.05, 0.1) is 19.6 Å². The molecular weight excluding hydrogens is 445 g/mol. The lowest BCUT2D eigenvalue weighted by atomic mass is 9.76. The molecule has 0 saturated carbocycles. The van der Waals surface area contributed by atoms with E-state index in [1.165, 1.54) is 25.2 Å². The number of methoxy groups -OCH3 is 1. The quantitative estimate of drug-likeness (QED) is 0.488. The Bertz CT molecular complexity index is 692. The van der Waals surface area contributed by atoms with Crippen molar-refractivity contribution in [1.82, 2.24) is 4.90 Å². The molecule has 1 aromatic rings. The predicted octanol–water partition coefficient (Wildman–Crippen LogP) is 3.14. The minimum atomic E-state index is -0.251. The van der Waals surface area contributed by atoms with Gasteiger partial charge in [-0.25, -0.2) is 0 Å². The number of piperidine rings is 1. The Kier molecular flexibility index (Phi) is 6.22. The van der Waals surface area contributed by atoms with E-state index in [-0.39, 0.29) is 29.8 Å². The summed E-state index contributed by atoms with van der Waals surface area (Å²) in [6, 6.07) is 7.25. The molecule has 4 unspecified atom stereocenters. The summed E-state index contributed by atoms with van der Waals surface area (Å²) in [6.07, 6.45) is 3.92. The third-order valence-electron chi connectivity index (χ3n) is 5.92. The first-order chi connectivity index (χ1) is 12.4. The summed E-state index contributed by atoms with van der Waals surface area (Å²) >= 11 is 2.34. The van der Waals surface area contributed by atoms with Crippen molar-refractivity contribution in [2.45, 2.75) is 50.6 Å². The second kappa shape index (κ2) is 8.25. The third kappa shape index (κ3) is 3.91. The molecule has 3 rings (SSSR count). The summed E-state index contributed by atoms with van der Waals surface area (Å²) in [5.74, 6) is -0.251. The normalized spacial score (nSPS) is 28.0. The second-order valence-electron chi connectivity index (χ2n) is 7.30. The minimum Gasteiger partial charge on any atom is -0.469 e. The lowest BCUT2D eigenvalue weighted by molar-refractivity contribution is -0.150. The van der Waals surface area contributed by atoms with Crippen LogP contribution in [-0.2, 0) is 25.5 Å². The van der Waals surface area contributed by atoms with Crippen LogP contribution < -0.4 is 0 Å². The van der Waals surface area contributed by atoms with Gasteiger partial charge in [-0.3, -0.25) is 14.5 Å². The highest BCUT2D eigenvalue weighted by Crippen LogP contribution is 2.46. The van der Waals surface area contributed by atoms with Crippen LogP contribution in [0.1, 0.15) is 43.2 Å². The predicted molar refractivity (Wildman–Crippen MR) is 107 cm³/mol. The average Bonchev–Trinajstić information content (AvgIpc) is 2.84. The monoisotopic (exact) mass is 471 g/mol. The minimum absolute atomic E-state index is 0.0962. The van der Waals surface area contributed by atoms with Gasteiger partial charge in [0.1, 0.15) is 0 Å². The number of halogens is 1. The van der Waals surface area contributed by atoms with Crippen LogP contribution in [0.5, 0.6) is 0 Å². The van der Waals surface area contributed by atoms with Crippen LogP contribution in [0.4, 0.5) is 0 Å². The van der Waals surface area contributed by atoms with Gasteiger partial charge in [-0.15, -0.1) is 0 Å². The summed E-state index contributed by atoms with van der Waals surface area (Å²) in [6.45, 7) is 1.82. The molecule has 0 aliphatic carbocycles. The first kappa shape index (κ1) is 19.6. The molecule has 0 amide bonds. The van der Waals surface area contributed by atoms with Gasteiger partial charge in [-0.05, 0) is 66.1 Å². The molecule has 2 heterocycles. The van der Waals surface area contributed by atoms with Crippen LogP contribution in [0.15, 0.2) is 18.2 Å². The fourth-order valence-corrected chi connectivity index (χ4v) is 5.38. The van der Waals surface area contributed by atoms with Crippen LogP contribution in [0, 0.1) is 9.49 Å². The van der Waals surface area contributed by atoms with Crippen molar-refractivity contribution >= 4 is 34.5 Å². The van der Waals surface area contributed by atoms with Crippen molar-refractivity contribution in [1.29, 1.82) is 0 Å². The Labute approximate surface area is 168 Å². The van der Waals surface area contributed by atoms with Crippen molar-refractivity contribution in [3.63, 3.8) is 0 Å². The van der Waals surface area contributed by atoms with E-state index in [4.69, 9.17) is 9.47 Å². The number of carbonyl (C=O) groups excluding carboxylic acids is 2. The van der Waals surface area contributed by atoms with Gasteiger partial charge >= 0.3 is 11.9 Å². The number of nitrogens with zero attached hydrogens (tertiary/aromatic N) is 1. The highest BCUT2D eigenvalue weighted by atomic mass is 127. The Morgan fingerprint density at radius 2 is 2.08 bits per heavy atom. The van der Waals surface area contributed by atoms with Crippen LogP contribution in [0.25, 0.3) is 0 Å². The molecule has 0 aromatic heterocycles. The van der Waals surface area contributed by atoms with Crippen molar-refractivity contribution < 1.29 is 19.1 Å². The molecule has 2 aliphatic rings. The maximum absolute atomic E-state index is 12.5. The van der Waals surface area contributed by atoms with Gasteiger partial charge in [0.25, 0.3) is 0 Å². The number of rotatable bonds is 5. The summed E-state index contributed by atoms with van der Waals surface area (Å²) < 4.78 is 11.4. The molecule has 2 fully saturated rings. The van der Waals surface area contributed by atoms with E-state index < -0.39 is 0 Å². The molecule has 2 bridgehead atoms. The maximum atomic E-state index is 12.5. The van der Waals surface area contributed by atoms with Crippen LogP contribution in [0.3, 0.4) is 0 Å². The topological polar surface area (TPSA) is 55.8 Å². The van der Waals surface area contributed by atoms with Gasteiger partial charge in [-0.2, -0.15) is 0 Å². The van der Waals surface area contributed by atoms with E-state index in [0.29, 0.717) is 19.1 Å². The number of benzene rings is 1. The fourth-order valence-electron chi connectivity index (χ4n) is 4.57. The molecule has 26 heavy (non-hydrogen) atoms. The molecule has 5 nitrogen and oxygen atoms in total. The molecule has 2 aliphatic heterocycles. The molecular formula is C20H26INO4. The molecule has 0 spiro atoms. The average molecular weight is 471 g/mol. The van der Waals surface area contributed by atoms with Crippen LogP contribution >= 0.6 is 22.6 Å². The first-order valence-electron chi connectivity index (χ1n) is 9.13. The zero-order valence-electron chi connectivity index (χ0n) is 15.5. The molecule has 4 atom stereocenters. The Morgan fingerprint density at radius 1 is 1.31 bits per heavy atom. The molecule has 6 heteroatoms. The number of ether oxygens (including phenoxy) is 2. The zero-order valence-corrected chi connectivity index (χ0v) is 17.7. The number of fused-ring (bicyclic) bond motifs is 2. The lowest BCUT2D eigenvalue weighted by Crippen LogP contribution is -2.49. The summed E-state index contributed by atoms with van der Waals surface area (Å²) in [4.78, 5) is 25.8. The zero-order chi connectivity index (χ0) is 18.8. The van der Waals surface area contributed by atoms with Crippen molar-refractivity contribution in [3.05, 3.63) is 32.9 Å². The molecule has 142 valence electrons. The van der Waals surface area contributed by atoms with E-state index in [9.17, 15) is 9.59 Å². The van der Waals surface area contributed by atoms with Crippen molar-refractivity contribution in [2.24, 2.45) is 5.92 Å². The summed E-state index contributed by atoms with van der Waals surface area (Å²) in [5.41, 5.74) is 2.38. The van der Waals surface area contributed by atoms with Crippen LogP contribution in [-0.4, -0.2) is 49.7 Å². The molecule has 1 aromatic carbocycles. The van der Waals surface area contributed by atoms with E-state index in [0.717, 1.165) is 22.8 Å². The van der Waals surface area contributed by atoms with E-state index in [1.807, 2.05) is 0 Å². The lowest BCUT2D eigenvalue weighted by Gasteiger charge is -2.41. The van der Waals surface area contributed by atoms with E-state index in [1.54, 1.807) is 0 Å². The van der Waals surface area contributed by atoms with Crippen molar-refractivity contribution in [2.75, 3.05) is 20.8 Å². The standard InChI is InChI=1S/C20H26INO4/c1-12(23)26-9-8-13-4-5-14(10-17(13)21)16-11-15-6-7-18(22(15)2)19(16)20(24)25-3/h4-5,10,15-16,18-19H,6-9,11H2,1-3H3. The SMILES string of the molecule is COC(=O)C1C(c2ccc(CCOC(C)=O)c(I)c2)CC2CCC1N2C. The number of carbonyl (C=O) groups is 2. The van der Waals surface area contributed by atoms with Gasteiger partial charge in [-0.1, -0.05) is 12.1 Å². The summed E-state index contributed by atoms with van der Waals surface area (Å²) in [7, 11) is 3.62. The van der Waals surface area contributed by atoms with E-state index in [2.05, 4.69) is 52.7 Å². The molecule has 0 radical (unpaired) electrons. The summed E-state index contributed by atoms with van der Waals surface area (Å²) in [5, 5.41) is 0. The van der Waals surface area contributed by atoms with Gasteiger partial charge in [0.2, 0.25) is 0 Å². The van der Waals surface area contributed by atoms with Gasteiger partial charge in [0.15, 0.2) is 0 Å². The largest absolute Gasteiger partial charge is 0.469 e. The number of hydrogen-bond donors (Lipinski definition) is 0. The van der Waals surface area contributed by atoms with Crippen molar-refractivity contribution in [3.8, 4) is 0 Å². The van der Waals surface area contributed by atoms with E-state index >= 15 is 0 Å². The first-order valence-corrected chi connectivity index (χ1v) is 10.2. The van der Waals surface area contributed by atoms with Gasteiger partial charge in [0, 0.05) is 34.9 Å². The Morgan fingerprint density at radius 3 is 2.73 bits per heavy atom. The van der Waals surface area contributed by atoms with Crippen LogP contribution in [0.2, 0.25) is 0 Å². The fraction of sp³-hybridized carbons (Fsp3) is 0.600. The maximum Gasteiger partial charge on any atom is 0.310 e. The Balaban J connectivity index is 1.81.